The van der Waals surface area contributed by atoms with Gasteiger partial charge in [-0.3, -0.25) is 9.78 Å². The zero-order chi connectivity index (χ0) is 21.8. The van der Waals surface area contributed by atoms with Gasteiger partial charge in [0, 0.05) is 37.6 Å². The van der Waals surface area contributed by atoms with Crippen LogP contribution in [0, 0.1) is 5.82 Å². The number of hydrogen-bond donors (Lipinski definition) is 2. The summed E-state index contributed by atoms with van der Waals surface area (Å²) in [5, 5.41) is 6.60. The minimum Gasteiger partial charge on any atom is -0.352 e. The molecule has 8 heteroatoms. The predicted molar refractivity (Wildman–Crippen MR) is 122 cm³/mol. The molecule has 3 heterocycles. The van der Waals surface area contributed by atoms with Crippen molar-refractivity contribution in [1.29, 1.82) is 0 Å². The maximum absolute atomic E-state index is 13.9. The fourth-order valence-electron chi connectivity index (χ4n) is 3.95. The smallest absolute Gasteiger partial charge is 0.226 e. The molecule has 0 radical (unpaired) electrons. The summed E-state index contributed by atoms with van der Waals surface area (Å²) in [7, 11) is 0. The Morgan fingerprint density at radius 3 is 2.74 bits per heavy atom. The van der Waals surface area contributed by atoms with Crippen LogP contribution in [0.3, 0.4) is 0 Å². The molecule has 1 aliphatic heterocycles. The summed E-state index contributed by atoms with van der Waals surface area (Å²) < 4.78 is 16.0. The lowest BCUT2D eigenvalue weighted by Crippen LogP contribution is -2.33. The van der Waals surface area contributed by atoms with Crippen LogP contribution in [0.25, 0.3) is 0 Å². The number of para-hydroxylation sites is 1. The minimum atomic E-state index is -0.455. The maximum Gasteiger partial charge on any atom is 0.226 e. The highest BCUT2D eigenvalue weighted by Gasteiger charge is 2.40. The van der Waals surface area contributed by atoms with E-state index in [9.17, 15) is 9.18 Å². The molecule has 31 heavy (non-hydrogen) atoms. The molecule has 2 N–H and O–H groups in total. The van der Waals surface area contributed by atoms with Gasteiger partial charge >= 0.3 is 0 Å². The van der Waals surface area contributed by atoms with Gasteiger partial charge in [-0.05, 0) is 55.5 Å². The maximum atomic E-state index is 13.9. The molecule has 6 nitrogen and oxygen atoms in total. The van der Waals surface area contributed by atoms with Gasteiger partial charge in [0.2, 0.25) is 5.91 Å². The number of nitrogens with zero attached hydrogens (tertiary/aromatic N) is 3. The zero-order valence-corrected chi connectivity index (χ0v) is 18.0. The Morgan fingerprint density at radius 2 is 2.00 bits per heavy atom. The topological polar surface area (TPSA) is 62.2 Å². The summed E-state index contributed by atoms with van der Waals surface area (Å²) in [6.45, 7) is 3.31. The lowest BCUT2D eigenvalue weighted by molar-refractivity contribution is -0.116. The number of aryl methyl sites for hydroxylation is 1. The quantitative estimate of drug-likeness (QED) is 0.546. The largest absolute Gasteiger partial charge is 0.352 e. The van der Waals surface area contributed by atoms with Gasteiger partial charge in [-0.2, -0.15) is 0 Å². The number of amides is 1. The molecule has 2 atom stereocenters. The van der Waals surface area contributed by atoms with Crippen molar-refractivity contribution in [3.8, 4) is 0 Å². The van der Waals surface area contributed by atoms with Crippen LogP contribution in [-0.2, 0) is 11.3 Å². The predicted octanol–water partition coefficient (Wildman–Crippen LogP) is 4.04. The van der Waals surface area contributed by atoms with Crippen molar-refractivity contribution in [2.45, 2.75) is 32.0 Å². The van der Waals surface area contributed by atoms with Gasteiger partial charge < -0.3 is 20.1 Å². The first-order chi connectivity index (χ1) is 15.1. The van der Waals surface area contributed by atoms with E-state index in [1.165, 1.54) is 6.07 Å². The summed E-state index contributed by atoms with van der Waals surface area (Å²) >= 11 is 5.64. The second-order valence-corrected chi connectivity index (χ2v) is 7.70. The van der Waals surface area contributed by atoms with Crippen molar-refractivity contribution < 1.29 is 9.18 Å². The number of thiocarbonyl (C=S) groups is 1. The second kappa shape index (κ2) is 9.26. The molecule has 0 aliphatic carbocycles. The molecule has 1 fully saturated rings. The molecule has 160 valence electrons. The van der Waals surface area contributed by atoms with Crippen LogP contribution in [0.5, 0.6) is 0 Å². The summed E-state index contributed by atoms with van der Waals surface area (Å²) in [6, 6.07) is 15.8. The summed E-state index contributed by atoms with van der Waals surface area (Å²) in [4.78, 5) is 19.1. The van der Waals surface area contributed by atoms with Crippen molar-refractivity contribution >= 4 is 28.9 Å². The van der Waals surface area contributed by atoms with E-state index in [4.69, 9.17) is 12.2 Å². The highest BCUT2D eigenvalue weighted by Crippen LogP contribution is 2.38. The average molecular weight is 438 g/mol. The van der Waals surface area contributed by atoms with Crippen molar-refractivity contribution in [3.63, 3.8) is 0 Å². The molecule has 4 rings (SSSR count). The fourth-order valence-corrected chi connectivity index (χ4v) is 4.28. The molecule has 0 saturated carbocycles. The first-order valence-corrected chi connectivity index (χ1v) is 10.7. The lowest BCUT2D eigenvalue weighted by Gasteiger charge is -2.28. The van der Waals surface area contributed by atoms with E-state index in [-0.39, 0.29) is 30.1 Å². The van der Waals surface area contributed by atoms with E-state index in [1.54, 1.807) is 24.4 Å². The third kappa shape index (κ3) is 4.44. The number of benzene rings is 1. The molecule has 0 spiro atoms. The standard InChI is InChI=1S/C23H24FN5OS/c1-2-28-14-7-11-19(28)22-21(18-10-5-6-13-25-18)27-23(31)29(22)15-12-20(30)26-17-9-4-3-8-16(17)24/h3-11,13-14,21-22H,2,12,15H2,1H3,(H,26,30)(H,27,31)/t21-,22-/m1/s1. The number of hydrogen-bond acceptors (Lipinski definition) is 3. The molecule has 0 bridgehead atoms. The number of carbonyl (C=O) groups is 1. The van der Waals surface area contributed by atoms with Gasteiger partial charge in [-0.15, -0.1) is 0 Å². The first kappa shape index (κ1) is 21.0. The number of anilines is 1. The number of pyridine rings is 1. The van der Waals surface area contributed by atoms with Crippen LogP contribution in [0.4, 0.5) is 10.1 Å². The summed E-state index contributed by atoms with van der Waals surface area (Å²) in [6.07, 6.45) is 3.98. The Kier molecular flexibility index (Phi) is 6.27. The van der Waals surface area contributed by atoms with E-state index >= 15 is 0 Å². The Bertz CT molecular complexity index is 1070. The Balaban J connectivity index is 1.55. The van der Waals surface area contributed by atoms with Crippen LogP contribution in [0.1, 0.15) is 36.8 Å². The van der Waals surface area contributed by atoms with Crippen molar-refractivity contribution in [1.82, 2.24) is 19.8 Å². The third-order valence-electron chi connectivity index (χ3n) is 5.43. The van der Waals surface area contributed by atoms with Crippen LogP contribution < -0.4 is 10.6 Å². The van der Waals surface area contributed by atoms with Crippen LogP contribution in [-0.4, -0.2) is 32.0 Å². The summed E-state index contributed by atoms with van der Waals surface area (Å²) in [5.41, 5.74) is 2.16. The zero-order valence-electron chi connectivity index (χ0n) is 17.2. The normalized spacial score (nSPS) is 18.1. The van der Waals surface area contributed by atoms with Gasteiger partial charge in [0.25, 0.3) is 0 Å². The lowest BCUT2D eigenvalue weighted by atomic mass is 10.0. The highest BCUT2D eigenvalue weighted by atomic mass is 32.1. The molecule has 2 aromatic heterocycles. The SMILES string of the molecule is CCn1cccc1[C@@H]1[C@@H](c2ccccn2)NC(=S)N1CCC(=O)Nc1ccccc1F. The number of halogens is 1. The Labute approximate surface area is 186 Å². The van der Waals surface area contributed by atoms with Crippen LogP contribution in [0.15, 0.2) is 67.0 Å². The van der Waals surface area contributed by atoms with E-state index in [1.807, 2.05) is 35.4 Å². The number of nitrogens with one attached hydrogen (secondary N) is 2. The van der Waals surface area contributed by atoms with Crippen molar-refractivity contribution in [3.05, 3.63) is 84.2 Å². The number of rotatable bonds is 7. The molecule has 3 aromatic rings. The molecule has 1 aromatic carbocycles. The molecular weight excluding hydrogens is 413 g/mol. The minimum absolute atomic E-state index is 0.112. The molecule has 1 saturated heterocycles. The van der Waals surface area contributed by atoms with E-state index in [0.29, 0.717) is 11.7 Å². The molecule has 0 unspecified atom stereocenters. The van der Waals surface area contributed by atoms with Crippen LogP contribution in [0.2, 0.25) is 0 Å². The highest BCUT2D eigenvalue weighted by molar-refractivity contribution is 7.80. The molecular formula is C23H24FN5OS. The molecule has 1 amide bonds. The monoisotopic (exact) mass is 437 g/mol. The van der Waals surface area contributed by atoms with E-state index < -0.39 is 5.82 Å². The van der Waals surface area contributed by atoms with E-state index in [0.717, 1.165) is 17.9 Å². The average Bonchev–Trinajstić information content (AvgIpc) is 3.38. The summed E-state index contributed by atoms with van der Waals surface area (Å²) in [5.74, 6) is -0.720. The third-order valence-corrected chi connectivity index (χ3v) is 5.79. The van der Waals surface area contributed by atoms with Gasteiger partial charge in [0.15, 0.2) is 5.11 Å². The Hall–Kier alpha value is -3.26. The van der Waals surface area contributed by atoms with Crippen LogP contribution >= 0.6 is 12.2 Å². The fraction of sp³-hybridized carbons (Fsp3) is 0.261. The van der Waals surface area contributed by atoms with Gasteiger partial charge in [-0.25, -0.2) is 4.39 Å². The van der Waals surface area contributed by atoms with Crippen molar-refractivity contribution in [2.24, 2.45) is 0 Å². The first-order valence-electron chi connectivity index (χ1n) is 10.3. The number of carbonyl (C=O) groups excluding carboxylic acids is 1. The van der Waals surface area contributed by atoms with Gasteiger partial charge in [0.1, 0.15) is 5.82 Å². The van der Waals surface area contributed by atoms with Crippen molar-refractivity contribution in [2.75, 3.05) is 11.9 Å². The Morgan fingerprint density at radius 1 is 1.19 bits per heavy atom. The number of aromatic nitrogens is 2. The van der Waals surface area contributed by atoms with E-state index in [2.05, 4.69) is 33.2 Å². The van der Waals surface area contributed by atoms with Gasteiger partial charge in [0.05, 0.1) is 23.5 Å². The second-order valence-electron chi connectivity index (χ2n) is 7.32. The molecule has 1 aliphatic rings. The van der Waals surface area contributed by atoms with Gasteiger partial charge in [-0.1, -0.05) is 18.2 Å².